The highest BCUT2D eigenvalue weighted by Crippen LogP contribution is 2.30. The van der Waals surface area contributed by atoms with Gasteiger partial charge in [-0.2, -0.15) is 0 Å². The van der Waals surface area contributed by atoms with Crippen LogP contribution in [0.25, 0.3) is 0 Å². The predicted molar refractivity (Wildman–Crippen MR) is 66.5 cm³/mol. The third kappa shape index (κ3) is 3.72. The van der Waals surface area contributed by atoms with E-state index in [1.54, 1.807) is 0 Å². The Hall–Kier alpha value is -0.120. The summed E-state index contributed by atoms with van der Waals surface area (Å²) in [5.74, 6) is 1.01. The third-order valence-electron chi connectivity index (χ3n) is 3.76. The van der Waals surface area contributed by atoms with Gasteiger partial charge < -0.3 is 14.9 Å². The Kier molecular flexibility index (Phi) is 3.88. The monoisotopic (exact) mass is 226 g/mol. The second-order valence-corrected chi connectivity index (χ2v) is 6.34. The molecule has 2 aliphatic rings. The summed E-state index contributed by atoms with van der Waals surface area (Å²) >= 11 is 0. The minimum Gasteiger partial charge on any atom is -0.396 e. The predicted octanol–water partition coefficient (Wildman–Crippen LogP) is 1.03. The number of aliphatic hydroxyl groups is 1. The van der Waals surface area contributed by atoms with Crippen molar-refractivity contribution in [2.45, 2.75) is 26.7 Å². The topological polar surface area (TPSA) is 26.7 Å². The number of hydrogen-bond acceptors (Lipinski definition) is 3. The highest BCUT2D eigenvalue weighted by atomic mass is 16.3. The molecule has 94 valence electrons. The maximum Gasteiger partial charge on any atom is 0.0494 e. The summed E-state index contributed by atoms with van der Waals surface area (Å²) in [6.07, 6.45) is 2.91. The second-order valence-electron chi connectivity index (χ2n) is 6.34. The number of nitrogens with zero attached hydrogens (tertiary/aromatic N) is 2. The van der Waals surface area contributed by atoms with E-state index in [4.69, 9.17) is 0 Å². The normalized spacial score (nSPS) is 24.9. The highest BCUT2D eigenvalue weighted by molar-refractivity contribution is 4.82. The van der Waals surface area contributed by atoms with Gasteiger partial charge in [-0.1, -0.05) is 13.8 Å². The minimum atomic E-state index is 0.0542. The molecule has 0 unspecified atom stereocenters. The molecule has 2 fully saturated rings. The number of aliphatic hydroxyl groups excluding tert-OH is 1. The van der Waals surface area contributed by atoms with E-state index in [1.807, 2.05) is 0 Å². The Morgan fingerprint density at radius 2 is 1.62 bits per heavy atom. The molecule has 0 amide bonds. The maximum atomic E-state index is 9.27. The van der Waals surface area contributed by atoms with Gasteiger partial charge in [-0.05, 0) is 18.8 Å². The molecule has 3 nitrogen and oxygen atoms in total. The molecule has 16 heavy (non-hydrogen) atoms. The van der Waals surface area contributed by atoms with Crippen LogP contribution >= 0.6 is 0 Å². The first-order valence-electron chi connectivity index (χ1n) is 6.65. The molecule has 1 saturated heterocycles. The van der Waals surface area contributed by atoms with Crippen LogP contribution in [0.2, 0.25) is 0 Å². The molecule has 1 aliphatic heterocycles. The first-order valence-corrected chi connectivity index (χ1v) is 6.65. The van der Waals surface area contributed by atoms with Crippen LogP contribution in [0.15, 0.2) is 0 Å². The quantitative estimate of drug-likeness (QED) is 0.758. The fourth-order valence-electron chi connectivity index (χ4n) is 2.45. The van der Waals surface area contributed by atoms with Gasteiger partial charge in [0.15, 0.2) is 0 Å². The van der Waals surface area contributed by atoms with Crippen molar-refractivity contribution in [3.05, 3.63) is 0 Å². The zero-order valence-electron chi connectivity index (χ0n) is 10.8. The van der Waals surface area contributed by atoms with Gasteiger partial charge in [0.25, 0.3) is 0 Å². The van der Waals surface area contributed by atoms with Crippen LogP contribution in [-0.2, 0) is 0 Å². The third-order valence-corrected chi connectivity index (χ3v) is 3.76. The Morgan fingerprint density at radius 3 is 2.12 bits per heavy atom. The van der Waals surface area contributed by atoms with Crippen molar-refractivity contribution in [1.82, 2.24) is 9.80 Å². The molecule has 1 saturated carbocycles. The summed E-state index contributed by atoms with van der Waals surface area (Å²) < 4.78 is 0. The van der Waals surface area contributed by atoms with Crippen LogP contribution in [0.3, 0.4) is 0 Å². The van der Waals surface area contributed by atoms with E-state index in [0.717, 1.165) is 12.5 Å². The van der Waals surface area contributed by atoms with E-state index < -0.39 is 0 Å². The van der Waals surface area contributed by atoms with Gasteiger partial charge in [0.1, 0.15) is 0 Å². The van der Waals surface area contributed by atoms with Crippen LogP contribution in [0.4, 0.5) is 0 Å². The van der Waals surface area contributed by atoms with Crippen molar-refractivity contribution in [2.75, 3.05) is 45.9 Å². The highest BCUT2D eigenvalue weighted by Gasteiger charge is 2.28. The Morgan fingerprint density at radius 1 is 1.06 bits per heavy atom. The van der Waals surface area contributed by atoms with E-state index >= 15 is 0 Å². The average molecular weight is 226 g/mol. The van der Waals surface area contributed by atoms with Crippen molar-refractivity contribution in [1.29, 1.82) is 0 Å². The van der Waals surface area contributed by atoms with E-state index in [9.17, 15) is 5.11 Å². The van der Waals surface area contributed by atoms with Crippen LogP contribution in [0.1, 0.15) is 26.7 Å². The lowest BCUT2D eigenvalue weighted by atomic mass is 9.94. The number of rotatable bonds is 5. The lowest BCUT2D eigenvalue weighted by molar-refractivity contribution is 0.0649. The molecular formula is C13H26N2O. The molecule has 0 spiro atoms. The minimum absolute atomic E-state index is 0.0542. The molecule has 1 aliphatic carbocycles. The Balaban J connectivity index is 1.67. The van der Waals surface area contributed by atoms with Gasteiger partial charge in [-0.3, -0.25) is 0 Å². The average Bonchev–Trinajstić information content (AvgIpc) is 3.05. The van der Waals surface area contributed by atoms with Gasteiger partial charge >= 0.3 is 0 Å². The molecule has 0 aromatic rings. The largest absolute Gasteiger partial charge is 0.396 e. The molecule has 1 heterocycles. The number of hydrogen-bond donors (Lipinski definition) is 1. The Labute approximate surface area is 99.4 Å². The van der Waals surface area contributed by atoms with Crippen LogP contribution in [0, 0.1) is 11.3 Å². The van der Waals surface area contributed by atoms with Crippen molar-refractivity contribution < 1.29 is 5.11 Å². The summed E-state index contributed by atoms with van der Waals surface area (Å²) in [7, 11) is 0. The van der Waals surface area contributed by atoms with E-state index in [0.29, 0.717) is 0 Å². The number of piperazine rings is 1. The van der Waals surface area contributed by atoms with Gasteiger partial charge in [-0.25, -0.2) is 0 Å². The van der Waals surface area contributed by atoms with E-state index in [-0.39, 0.29) is 12.0 Å². The zero-order valence-corrected chi connectivity index (χ0v) is 10.8. The van der Waals surface area contributed by atoms with Crippen molar-refractivity contribution in [2.24, 2.45) is 11.3 Å². The summed E-state index contributed by atoms with van der Waals surface area (Å²) in [5.41, 5.74) is 0.0542. The van der Waals surface area contributed by atoms with Gasteiger partial charge in [0.2, 0.25) is 0 Å². The fraction of sp³-hybridized carbons (Fsp3) is 1.00. The molecule has 0 aromatic carbocycles. The smallest absolute Gasteiger partial charge is 0.0494 e. The molecule has 2 rings (SSSR count). The van der Waals surface area contributed by atoms with Gasteiger partial charge in [0, 0.05) is 51.3 Å². The van der Waals surface area contributed by atoms with E-state index in [2.05, 4.69) is 23.6 Å². The fourth-order valence-corrected chi connectivity index (χ4v) is 2.45. The molecule has 0 bridgehead atoms. The van der Waals surface area contributed by atoms with Gasteiger partial charge in [0.05, 0.1) is 0 Å². The lowest BCUT2D eigenvalue weighted by Crippen LogP contribution is -2.49. The molecule has 1 N–H and O–H groups in total. The summed E-state index contributed by atoms with van der Waals surface area (Å²) in [5, 5.41) is 9.27. The molecular weight excluding hydrogens is 200 g/mol. The van der Waals surface area contributed by atoms with E-state index in [1.165, 1.54) is 45.6 Å². The van der Waals surface area contributed by atoms with Gasteiger partial charge in [-0.15, -0.1) is 0 Å². The first-order chi connectivity index (χ1) is 7.59. The summed E-state index contributed by atoms with van der Waals surface area (Å²) in [4.78, 5) is 5.11. The molecule has 3 heteroatoms. The van der Waals surface area contributed by atoms with Crippen LogP contribution in [0.5, 0.6) is 0 Å². The SMILES string of the molecule is CC(C)(CO)CN1CCN(CC2CC2)CC1. The van der Waals surface area contributed by atoms with Crippen molar-refractivity contribution in [3.63, 3.8) is 0 Å². The first kappa shape index (κ1) is 12.3. The standard InChI is InChI=1S/C13H26N2O/c1-13(2,11-16)10-15-7-5-14(6-8-15)9-12-3-4-12/h12,16H,3-11H2,1-2H3. The van der Waals surface area contributed by atoms with Crippen LogP contribution < -0.4 is 0 Å². The zero-order chi connectivity index (χ0) is 11.6. The lowest BCUT2D eigenvalue weighted by Gasteiger charge is -2.38. The Bertz CT molecular complexity index is 218. The second kappa shape index (κ2) is 5.03. The van der Waals surface area contributed by atoms with Crippen molar-refractivity contribution >= 4 is 0 Å². The molecule has 0 radical (unpaired) electrons. The molecule has 0 aromatic heterocycles. The summed E-state index contributed by atoms with van der Waals surface area (Å²) in [6.45, 7) is 11.7. The molecule has 0 atom stereocenters. The van der Waals surface area contributed by atoms with Crippen LogP contribution in [-0.4, -0.2) is 60.8 Å². The summed E-state index contributed by atoms with van der Waals surface area (Å²) in [6, 6.07) is 0. The maximum absolute atomic E-state index is 9.27. The van der Waals surface area contributed by atoms with Crippen molar-refractivity contribution in [3.8, 4) is 0 Å².